The third-order valence-electron chi connectivity index (χ3n) is 4.46. The SMILES string of the molecule is COc1ccccc1[C@@H]1CCCN1C(=O)[C@@H]1C[C@@H]1C(=O)O. The summed E-state index contributed by atoms with van der Waals surface area (Å²) in [6.45, 7) is 0.699. The summed E-state index contributed by atoms with van der Waals surface area (Å²) in [4.78, 5) is 25.3. The van der Waals surface area contributed by atoms with Crippen LogP contribution in [-0.2, 0) is 9.59 Å². The van der Waals surface area contributed by atoms with E-state index in [0.29, 0.717) is 13.0 Å². The van der Waals surface area contributed by atoms with Crippen LogP contribution in [0.4, 0.5) is 0 Å². The van der Waals surface area contributed by atoms with E-state index >= 15 is 0 Å². The van der Waals surface area contributed by atoms with Crippen LogP contribution in [0.2, 0.25) is 0 Å². The second-order valence-electron chi connectivity index (χ2n) is 5.72. The third-order valence-corrected chi connectivity index (χ3v) is 4.46. The summed E-state index contributed by atoms with van der Waals surface area (Å²) in [5, 5.41) is 8.99. The van der Waals surface area contributed by atoms with Gasteiger partial charge in [0.05, 0.1) is 25.0 Å². The number of carbonyl (C=O) groups excluding carboxylic acids is 1. The van der Waals surface area contributed by atoms with Gasteiger partial charge in [0.2, 0.25) is 5.91 Å². The Morgan fingerprint density at radius 3 is 2.71 bits per heavy atom. The number of methoxy groups -OCH3 is 1. The van der Waals surface area contributed by atoms with Crippen LogP contribution in [0.3, 0.4) is 0 Å². The zero-order valence-corrected chi connectivity index (χ0v) is 12.0. The van der Waals surface area contributed by atoms with E-state index < -0.39 is 11.9 Å². The molecule has 1 saturated heterocycles. The number of amides is 1. The van der Waals surface area contributed by atoms with Crippen LogP contribution < -0.4 is 4.74 Å². The number of aliphatic carboxylic acids is 1. The van der Waals surface area contributed by atoms with Gasteiger partial charge < -0.3 is 14.7 Å². The molecule has 1 aromatic rings. The lowest BCUT2D eigenvalue weighted by Gasteiger charge is -2.26. The monoisotopic (exact) mass is 289 g/mol. The molecule has 21 heavy (non-hydrogen) atoms. The Kier molecular flexibility index (Phi) is 3.57. The molecule has 112 valence electrons. The third kappa shape index (κ3) is 2.48. The molecule has 0 spiro atoms. The zero-order valence-electron chi connectivity index (χ0n) is 12.0. The molecule has 0 unspecified atom stereocenters. The van der Waals surface area contributed by atoms with Crippen LogP contribution in [-0.4, -0.2) is 35.5 Å². The van der Waals surface area contributed by atoms with Gasteiger partial charge in [0.25, 0.3) is 0 Å². The Morgan fingerprint density at radius 2 is 2.05 bits per heavy atom. The minimum Gasteiger partial charge on any atom is -0.496 e. The van der Waals surface area contributed by atoms with Gasteiger partial charge in [-0.2, -0.15) is 0 Å². The number of hydrogen-bond acceptors (Lipinski definition) is 3. The number of carbonyl (C=O) groups is 2. The molecule has 1 saturated carbocycles. The topological polar surface area (TPSA) is 66.8 Å². The van der Waals surface area contributed by atoms with Crippen LogP contribution in [0, 0.1) is 11.8 Å². The second kappa shape index (κ2) is 5.39. The largest absolute Gasteiger partial charge is 0.496 e. The first kappa shape index (κ1) is 13.9. The highest BCUT2D eigenvalue weighted by Crippen LogP contribution is 2.44. The predicted octanol–water partition coefficient (Wildman–Crippen LogP) is 2.08. The quantitative estimate of drug-likeness (QED) is 0.921. The van der Waals surface area contributed by atoms with Gasteiger partial charge in [0.1, 0.15) is 5.75 Å². The molecule has 1 aliphatic heterocycles. The summed E-state index contributed by atoms with van der Waals surface area (Å²) < 4.78 is 5.39. The fraction of sp³-hybridized carbons (Fsp3) is 0.500. The van der Waals surface area contributed by atoms with Crippen molar-refractivity contribution in [3.05, 3.63) is 29.8 Å². The maximum absolute atomic E-state index is 12.5. The maximum atomic E-state index is 12.5. The maximum Gasteiger partial charge on any atom is 0.307 e. The summed E-state index contributed by atoms with van der Waals surface area (Å²) in [5.74, 6) is -0.917. The molecule has 1 heterocycles. The fourth-order valence-corrected chi connectivity index (χ4v) is 3.25. The van der Waals surface area contributed by atoms with Gasteiger partial charge in [-0.25, -0.2) is 0 Å². The summed E-state index contributed by atoms with van der Waals surface area (Å²) >= 11 is 0. The van der Waals surface area contributed by atoms with Gasteiger partial charge in [0, 0.05) is 12.1 Å². The molecule has 0 aromatic heterocycles. The molecule has 3 atom stereocenters. The van der Waals surface area contributed by atoms with Crippen LogP contribution in [0.1, 0.15) is 30.9 Å². The Balaban J connectivity index is 1.80. The lowest BCUT2D eigenvalue weighted by atomic mass is 10.0. The van der Waals surface area contributed by atoms with Crippen molar-refractivity contribution in [2.24, 2.45) is 11.8 Å². The Morgan fingerprint density at radius 1 is 1.29 bits per heavy atom. The van der Waals surface area contributed by atoms with E-state index in [1.807, 2.05) is 29.2 Å². The van der Waals surface area contributed by atoms with Gasteiger partial charge in [-0.1, -0.05) is 18.2 Å². The number of benzene rings is 1. The van der Waals surface area contributed by atoms with Crippen molar-refractivity contribution < 1.29 is 19.4 Å². The number of carboxylic acids is 1. The van der Waals surface area contributed by atoms with Gasteiger partial charge in [0.15, 0.2) is 0 Å². The predicted molar refractivity (Wildman–Crippen MR) is 75.9 cm³/mol. The molecule has 5 nitrogen and oxygen atoms in total. The first-order valence-electron chi connectivity index (χ1n) is 7.29. The fourth-order valence-electron chi connectivity index (χ4n) is 3.25. The molecule has 1 aliphatic carbocycles. The van der Waals surface area contributed by atoms with Crippen molar-refractivity contribution in [1.29, 1.82) is 0 Å². The summed E-state index contributed by atoms with van der Waals surface area (Å²) in [6.07, 6.45) is 2.32. The molecule has 0 radical (unpaired) electrons. The van der Waals surface area contributed by atoms with E-state index in [-0.39, 0.29) is 17.9 Å². The zero-order chi connectivity index (χ0) is 15.0. The highest BCUT2D eigenvalue weighted by atomic mass is 16.5. The summed E-state index contributed by atoms with van der Waals surface area (Å²) in [5.41, 5.74) is 1.01. The molecule has 2 fully saturated rings. The number of carboxylic acid groups (broad SMARTS) is 1. The number of hydrogen-bond donors (Lipinski definition) is 1. The molecular weight excluding hydrogens is 270 g/mol. The Hall–Kier alpha value is -2.04. The van der Waals surface area contributed by atoms with E-state index in [1.54, 1.807) is 7.11 Å². The second-order valence-corrected chi connectivity index (χ2v) is 5.72. The van der Waals surface area contributed by atoms with Crippen molar-refractivity contribution in [2.75, 3.05) is 13.7 Å². The van der Waals surface area contributed by atoms with E-state index in [2.05, 4.69) is 0 Å². The minimum atomic E-state index is -0.860. The first-order valence-corrected chi connectivity index (χ1v) is 7.29. The van der Waals surface area contributed by atoms with E-state index in [9.17, 15) is 9.59 Å². The molecule has 1 N–H and O–H groups in total. The van der Waals surface area contributed by atoms with Crippen molar-refractivity contribution >= 4 is 11.9 Å². The normalized spacial score (nSPS) is 27.5. The average molecular weight is 289 g/mol. The Bertz CT molecular complexity index is 571. The smallest absolute Gasteiger partial charge is 0.307 e. The number of likely N-dealkylation sites (tertiary alicyclic amines) is 1. The van der Waals surface area contributed by atoms with Crippen molar-refractivity contribution in [2.45, 2.75) is 25.3 Å². The number of rotatable bonds is 4. The molecule has 3 rings (SSSR count). The van der Waals surface area contributed by atoms with Crippen molar-refractivity contribution in [1.82, 2.24) is 4.90 Å². The Labute approximate surface area is 123 Å². The van der Waals surface area contributed by atoms with Crippen LogP contribution in [0.25, 0.3) is 0 Å². The van der Waals surface area contributed by atoms with Gasteiger partial charge in [-0.3, -0.25) is 9.59 Å². The first-order chi connectivity index (χ1) is 10.1. The van der Waals surface area contributed by atoms with Crippen molar-refractivity contribution in [3.8, 4) is 5.75 Å². The standard InChI is InChI=1S/C16H19NO4/c1-21-14-7-3-2-5-10(14)13-6-4-8-17(13)15(18)11-9-12(11)16(19)20/h2-3,5,7,11-13H,4,6,8-9H2,1H3,(H,19,20)/t11-,12+,13+/m1/s1. The lowest BCUT2D eigenvalue weighted by Crippen LogP contribution is -2.32. The number of para-hydroxylation sites is 1. The number of ether oxygens (including phenoxy) is 1. The summed E-state index contributed by atoms with van der Waals surface area (Å²) in [7, 11) is 1.63. The minimum absolute atomic E-state index is 0.00342. The highest BCUT2D eigenvalue weighted by molar-refractivity contribution is 5.90. The van der Waals surface area contributed by atoms with Crippen molar-refractivity contribution in [3.63, 3.8) is 0 Å². The van der Waals surface area contributed by atoms with Crippen LogP contribution in [0.5, 0.6) is 5.75 Å². The summed E-state index contributed by atoms with van der Waals surface area (Å²) in [6, 6.07) is 7.73. The van der Waals surface area contributed by atoms with E-state index in [4.69, 9.17) is 9.84 Å². The highest BCUT2D eigenvalue weighted by Gasteiger charge is 2.51. The molecular formula is C16H19NO4. The molecule has 1 amide bonds. The van der Waals surface area contributed by atoms with Crippen LogP contribution >= 0.6 is 0 Å². The van der Waals surface area contributed by atoms with Gasteiger partial charge in [-0.15, -0.1) is 0 Å². The molecule has 5 heteroatoms. The molecule has 2 aliphatic rings. The number of nitrogens with zero attached hydrogens (tertiary/aromatic N) is 1. The van der Waals surface area contributed by atoms with Crippen LogP contribution in [0.15, 0.2) is 24.3 Å². The molecule has 1 aromatic carbocycles. The molecule has 0 bridgehead atoms. The lowest BCUT2D eigenvalue weighted by molar-refractivity contribution is -0.142. The van der Waals surface area contributed by atoms with Gasteiger partial charge >= 0.3 is 5.97 Å². The average Bonchev–Trinajstić information content (AvgIpc) is 3.16. The van der Waals surface area contributed by atoms with E-state index in [0.717, 1.165) is 24.2 Å². The van der Waals surface area contributed by atoms with Gasteiger partial charge in [-0.05, 0) is 25.3 Å². The van der Waals surface area contributed by atoms with E-state index in [1.165, 1.54) is 0 Å².